The first-order chi connectivity index (χ1) is 23.8. The molecule has 6 nitrogen and oxygen atoms in total. The molecule has 4 heterocycles. The van der Waals surface area contributed by atoms with E-state index in [0.29, 0.717) is 0 Å². The minimum Gasteiger partial charge on any atom is -0.451 e. The summed E-state index contributed by atoms with van der Waals surface area (Å²) in [4.78, 5) is 18.6. The van der Waals surface area contributed by atoms with Crippen molar-refractivity contribution in [1.29, 1.82) is 0 Å². The van der Waals surface area contributed by atoms with E-state index in [-0.39, 0.29) is 0 Å². The quantitative estimate of drug-likeness (QED) is 0.173. The van der Waals surface area contributed by atoms with Gasteiger partial charge in [-0.05, 0) is 80.2 Å². The number of hydrogen-bond donors (Lipinski definition) is 0. The van der Waals surface area contributed by atoms with E-state index in [2.05, 4.69) is 113 Å². The van der Waals surface area contributed by atoms with E-state index >= 15 is 0 Å². The summed E-state index contributed by atoms with van der Waals surface area (Å²) in [6.07, 6.45) is 9.88. The highest BCUT2D eigenvalue weighted by atomic mass is 16.3. The molecular weight excluding hydrogens is 592 g/mol. The van der Waals surface area contributed by atoms with Crippen molar-refractivity contribution in [1.82, 2.24) is 19.9 Å². The highest BCUT2D eigenvalue weighted by Crippen LogP contribution is 2.45. The number of nitrogens with zero attached hydrogens (tertiary/aromatic N) is 4. The molecule has 0 aliphatic carbocycles. The largest absolute Gasteiger partial charge is 0.451 e. The van der Waals surface area contributed by atoms with Crippen LogP contribution < -0.4 is 0 Å². The van der Waals surface area contributed by atoms with Crippen LogP contribution in [0.2, 0.25) is 0 Å². The zero-order valence-corrected chi connectivity index (χ0v) is 25.6. The molecule has 0 aliphatic rings. The molecule has 0 atom stereocenters. The molecule has 0 bridgehead atoms. The lowest BCUT2D eigenvalue weighted by Crippen LogP contribution is -1.95. The number of pyridine rings is 2. The lowest BCUT2D eigenvalue weighted by molar-refractivity contribution is 0.558. The van der Waals surface area contributed by atoms with Crippen LogP contribution in [0.15, 0.2) is 168 Å². The Kier molecular flexibility index (Phi) is 6.68. The third-order valence-corrected chi connectivity index (χ3v) is 8.82. The van der Waals surface area contributed by atoms with Crippen LogP contribution in [0.25, 0.3) is 88.8 Å². The van der Waals surface area contributed by atoms with Crippen LogP contribution in [-0.4, -0.2) is 19.9 Å². The fraction of sp³-hybridized carbons (Fsp3) is 0. The molecule has 6 heteroatoms. The minimum atomic E-state index is 0.760. The summed E-state index contributed by atoms with van der Waals surface area (Å²) in [6, 6.07) is 42.5. The maximum atomic E-state index is 5.31. The van der Waals surface area contributed by atoms with E-state index in [0.717, 1.165) is 77.7 Å². The van der Waals surface area contributed by atoms with Gasteiger partial charge < -0.3 is 8.83 Å². The lowest BCUT2D eigenvalue weighted by atomic mass is 9.86. The molecule has 0 unspecified atom stereocenters. The zero-order chi connectivity index (χ0) is 31.9. The minimum absolute atomic E-state index is 0.760. The Morgan fingerprint density at radius 3 is 1.46 bits per heavy atom. The monoisotopic (exact) mass is 618 g/mol. The summed E-state index contributed by atoms with van der Waals surface area (Å²) in [6.45, 7) is 0. The van der Waals surface area contributed by atoms with Crippen LogP contribution in [0.3, 0.4) is 0 Å². The highest BCUT2D eigenvalue weighted by molar-refractivity contribution is 6.21. The van der Waals surface area contributed by atoms with Crippen molar-refractivity contribution in [3.05, 3.63) is 159 Å². The van der Waals surface area contributed by atoms with Gasteiger partial charge in [-0.15, -0.1) is 0 Å². The molecule has 0 N–H and O–H groups in total. The van der Waals surface area contributed by atoms with Gasteiger partial charge in [0.25, 0.3) is 0 Å². The van der Waals surface area contributed by atoms with Crippen LogP contribution in [-0.2, 0) is 0 Å². The maximum absolute atomic E-state index is 5.31. The molecule has 48 heavy (non-hydrogen) atoms. The number of oxazole rings is 2. The number of hydrogen-bond acceptors (Lipinski definition) is 6. The molecule has 0 fully saturated rings. The zero-order valence-electron chi connectivity index (χ0n) is 25.6. The molecule has 0 aliphatic heterocycles. The van der Waals surface area contributed by atoms with Crippen molar-refractivity contribution < 1.29 is 8.83 Å². The van der Waals surface area contributed by atoms with E-state index in [1.165, 1.54) is 23.9 Å². The first-order valence-corrected chi connectivity index (χ1v) is 15.6. The fourth-order valence-corrected chi connectivity index (χ4v) is 6.58. The molecule has 226 valence electrons. The number of fused-ring (bicyclic) bond motifs is 2. The maximum Gasteiger partial charge on any atom is 0.181 e. The Balaban J connectivity index is 1.33. The summed E-state index contributed by atoms with van der Waals surface area (Å²) < 4.78 is 10.6. The normalized spacial score (nSPS) is 11.3. The number of rotatable bonds is 6. The first kappa shape index (κ1) is 27.6. The summed E-state index contributed by atoms with van der Waals surface area (Å²) in [5.74, 6) is 0. The van der Waals surface area contributed by atoms with Crippen LogP contribution in [0, 0.1) is 0 Å². The van der Waals surface area contributed by atoms with Crippen LogP contribution >= 0.6 is 0 Å². The highest BCUT2D eigenvalue weighted by Gasteiger charge is 2.20. The van der Waals surface area contributed by atoms with Crippen LogP contribution in [0.4, 0.5) is 0 Å². The van der Waals surface area contributed by atoms with E-state index < -0.39 is 0 Å². The topological polar surface area (TPSA) is 77.8 Å². The number of benzene rings is 5. The molecule has 0 spiro atoms. The summed E-state index contributed by atoms with van der Waals surface area (Å²) in [7, 11) is 0. The molecule has 0 saturated heterocycles. The summed E-state index contributed by atoms with van der Waals surface area (Å²) >= 11 is 0. The molecule has 0 radical (unpaired) electrons. The summed E-state index contributed by atoms with van der Waals surface area (Å²) in [5.41, 5.74) is 11.8. The second-order valence-electron chi connectivity index (χ2n) is 11.6. The van der Waals surface area contributed by atoms with Crippen LogP contribution in [0.5, 0.6) is 0 Å². The molecular formula is C42H26N4O2. The van der Waals surface area contributed by atoms with E-state index in [9.17, 15) is 0 Å². The Labute approximate surface area is 276 Å². The van der Waals surface area contributed by atoms with Gasteiger partial charge in [0.15, 0.2) is 12.8 Å². The van der Waals surface area contributed by atoms with Crippen molar-refractivity contribution in [2.24, 2.45) is 0 Å². The summed E-state index contributed by atoms with van der Waals surface area (Å²) in [5, 5.41) is 4.31. The van der Waals surface area contributed by atoms with Crippen molar-refractivity contribution in [3.8, 4) is 67.3 Å². The van der Waals surface area contributed by atoms with E-state index in [1.807, 2.05) is 30.6 Å². The Hall–Kier alpha value is -6.66. The second kappa shape index (κ2) is 11.6. The third-order valence-electron chi connectivity index (χ3n) is 8.82. The first-order valence-electron chi connectivity index (χ1n) is 15.6. The standard InChI is InChI=1S/C42H26N4O2/c1-2-7-27(8-3-1)28-9-6-10-29(19-28)30-13-14-35-36(20-30)42(38-22-32(16-18-44-38)40-24-48-26-46-40)34-12-5-4-11-33(34)41(35)37-21-31(15-17-43-37)39-23-47-25-45-39/h1-26H. The van der Waals surface area contributed by atoms with Gasteiger partial charge in [-0.1, -0.05) is 84.9 Å². The van der Waals surface area contributed by atoms with Crippen molar-refractivity contribution in [2.45, 2.75) is 0 Å². The van der Waals surface area contributed by atoms with Crippen molar-refractivity contribution >= 4 is 21.5 Å². The van der Waals surface area contributed by atoms with Gasteiger partial charge in [0.2, 0.25) is 0 Å². The van der Waals surface area contributed by atoms with E-state index in [1.54, 1.807) is 12.5 Å². The van der Waals surface area contributed by atoms with Gasteiger partial charge in [0.1, 0.15) is 23.9 Å². The van der Waals surface area contributed by atoms with Crippen molar-refractivity contribution in [3.63, 3.8) is 0 Å². The molecule has 0 saturated carbocycles. The average molecular weight is 619 g/mol. The molecule has 4 aromatic heterocycles. The number of aromatic nitrogens is 4. The third kappa shape index (κ3) is 4.84. The Morgan fingerprint density at radius 2 is 0.854 bits per heavy atom. The predicted octanol–water partition coefficient (Wildman–Crippen LogP) is 10.8. The van der Waals surface area contributed by atoms with Gasteiger partial charge in [0, 0.05) is 34.6 Å². The molecule has 0 amide bonds. The lowest BCUT2D eigenvalue weighted by Gasteiger charge is -2.18. The van der Waals surface area contributed by atoms with Gasteiger partial charge >= 0.3 is 0 Å². The van der Waals surface area contributed by atoms with Gasteiger partial charge in [0.05, 0.1) is 11.4 Å². The average Bonchev–Trinajstić information content (AvgIpc) is 3.90. The fourth-order valence-electron chi connectivity index (χ4n) is 6.58. The predicted molar refractivity (Wildman–Crippen MR) is 190 cm³/mol. The SMILES string of the molecule is c1ccc(-c2cccc(-c3ccc4c(-c5cc(-c6cocn6)ccn5)c5ccccc5c(-c5cc(-c6cocn6)ccn5)c4c3)c2)cc1. The van der Waals surface area contributed by atoms with E-state index in [4.69, 9.17) is 18.8 Å². The Bertz CT molecular complexity index is 2560. The Morgan fingerprint density at radius 1 is 0.333 bits per heavy atom. The van der Waals surface area contributed by atoms with Crippen molar-refractivity contribution in [2.75, 3.05) is 0 Å². The second-order valence-corrected chi connectivity index (χ2v) is 11.6. The van der Waals surface area contributed by atoms with Gasteiger partial charge in [-0.2, -0.15) is 0 Å². The smallest absolute Gasteiger partial charge is 0.181 e. The molecule has 9 rings (SSSR count). The molecule has 5 aromatic carbocycles. The van der Waals surface area contributed by atoms with Gasteiger partial charge in [-0.25, -0.2) is 9.97 Å². The molecule has 9 aromatic rings. The van der Waals surface area contributed by atoms with Gasteiger partial charge in [-0.3, -0.25) is 9.97 Å². The van der Waals surface area contributed by atoms with Crippen LogP contribution in [0.1, 0.15) is 0 Å².